The highest BCUT2D eigenvalue weighted by atomic mass is 19.1. The van der Waals surface area contributed by atoms with Crippen molar-refractivity contribution in [2.24, 2.45) is 0 Å². The minimum Gasteiger partial charge on any atom is -0.457 e. The van der Waals surface area contributed by atoms with Crippen molar-refractivity contribution in [1.82, 2.24) is 14.8 Å². The Bertz CT molecular complexity index is 1440. The number of ether oxygens (including phenoxy) is 1. The van der Waals surface area contributed by atoms with Crippen molar-refractivity contribution in [3.05, 3.63) is 120 Å². The van der Waals surface area contributed by atoms with Gasteiger partial charge in [0, 0.05) is 50.7 Å². The molecular formula is C30H26F2N4O3. The number of benzene rings is 3. The standard InChI is InChI=1S/C30H26F2N4O3/c31-23-7-4-21(5-8-23)20-35-14-16-36(17-15-35)30(38)22-6-13-28(33-19-22)29(37)34-25-9-11-26(12-10-25)39-27-3-1-2-24(32)18-27/h1-13,18-19H,14-17,20H2,(H,34,37). The molecule has 0 bridgehead atoms. The van der Waals surface area contributed by atoms with E-state index < -0.39 is 11.7 Å². The lowest BCUT2D eigenvalue weighted by Crippen LogP contribution is -2.48. The van der Waals surface area contributed by atoms with Gasteiger partial charge < -0.3 is 15.0 Å². The Balaban J connectivity index is 1.11. The predicted molar refractivity (Wildman–Crippen MR) is 143 cm³/mol. The van der Waals surface area contributed by atoms with E-state index in [1.807, 2.05) is 0 Å². The SMILES string of the molecule is O=C(Nc1ccc(Oc2cccc(F)c2)cc1)c1ccc(C(=O)N2CCN(Cc3ccc(F)cc3)CC2)cn1. The van der Waals surface area contributed by atoms with Gasteiger partial charge in [-0.05, 0) is 66.2 Å². The highest BCUT2D eigenvalue weighted by Gasteiger charge is 2.23. The second kappa shape index (κ2) is 11.8. The van der Waals surface area contributed by atoms with Crippen LogP contribution in [0, 0.1) is 11.6 Å². The second-order valence-corrected chi connectivity index (χ2v) is 9.16. The van der Waals surface area contributed by atoms with E-state index >= 15 is 0 Å². The lowest BCUT2D eigenvalue weighted by Gasteiger charge is -2.34. The van der Waals surface area contributed by atoms with E-state index in [2.05, 4.69) is 15.2 Å². The van der Waals surface area contributed by atoms with E-state index in [1.165, 1.54) is 36.5 Å². The largest absolute Gasteiger partial charge is 0.457 e. The molecule has 1 saturated heterocycles. The first kappa shape index (κ1) is 26.0. The summed E-state index contributed by atoms with van der Waals surface area (Å²) in [6.07, 6.45) is 1.41. The molecule has 2 amide bonds. The third kappa shape index (κ3) is 6.82. The van der Waals surface area contributed by atoms with Crippen LogP contribution < -0.4 is 10.1 Å². The maximum atomic E-state index is 13.3. The van der Waals surface area contributed by atoms with Gasteiger partial charge in [-0.25, -0.2) is 8.78 Å². The average molecular weight is 529 g/mol. The Morgan fingerprint density at radius 1 is 0.821 bits per heavy atom. The van der Waals surface area contributed by atoms with Crippen LogP contribution in [0.1, 0.15) is 26.4 Å². The first-order chi connectivity index (χ1) is 18.9. The molecule has 0 spiro atoms. The van der Waals surface area contributed by atoms with Gasteiger partial charge in [0.1, 0.15) is 28.8 Å². The molecule has 1 aliphatic heterocycles. The zero-order valence-corrected chi connectivity index (χ0v) is 21.0. The normalized spacial score (nSPS) is 13.6. The van der Waals surface area contributed by atoms with Gasteiger partial charge in [-0.1, -0.05) is 18.2 Å². The van der Waals surface area contributed by atoms with Crippen molar-refractivity contribution >= 4 is 17.5 Å². The Kier molecular flexibility index (Phi) is 7.88. The number of rotatable bonds is 7. The maximum absolute atomic E-state index is 13.3. The van der Waals surface area contributed by atoms with Gasteiger partial charge in [-0.2, -0.15) is 0 Å². The number of pyridine rings is 1. The zero-order chi connectivity index (χ0) is 27.2. The lowest BCUT2D eigenvalue weighted by molar-refractivity contribution is 0.0627. The summed E-state index contributed by atoms with van der Waals surface area (Å²) in [5, 5.41) is 2.76. The predicted octanol–water partition coefficient (Wildman–Crippen LogP) is 5.36. The van der Waals surface area contributed by atoms with E-state index in [4.69, 9.17) is 4.74 Å². The van der Waals surface area contributed by atoms with Crippen LogP contribution in [0.2, 0.25) is 0 Å². The maximum Gasteiger partial charge on any atom is 0.274 e. The van der Waals surface area contributed by atoms with E-state index in [1.54, 1.807) is 59.5 Å². The summed E-state index contributed by atoms with van der Waals surface area (Å²) in [4.78, 5) is 33.8. The van der Waals surface area contributed by atoms with Gasteiger partial charge >= 0.3 is 0 Å². The summed E-state index contributed by atoms with van der Waals surface area (Å²) < 4.78 is 32.1. The fourth-order valence-corrected chi connectivity index (χ4v) is 4.26. The molecule has 7 nitrogen and oxygen atoms in total. The number of hydrogen-bond donors (Lipinski definition) is 1. The highest BCUT2D eigenvalue weighted by molar-refractivity contribution is 6.03. The Hall–Kier alpha value is -4.63. The highest BCUT2D eigenvalue weighted by Crippen LogP contribution is 2.24. The minimum absolute atomic E-state index is 0.134. The van der Waals surface area contributed by atoms with Gasteiger partial charge in [0.2, 0.25) is 0 Å². The molecule has 0 atom stereocenters. The summed E-state index contributed by atoms with van der Waals surface area (Å²) in [5.41, 5.74) is 2.16. The number of nitrogens with zero attached hydrogens (tertiary/aromatic N) is 3. The van der Waals surface area contributed by atoms with Gasteiger partial charge in [0.25, 0.3) is 11.8 Å². The van der Waals surface area contributed by atoms with Gasteiger partial charge in [-0.15, -0.1) is 0 Å². The van der Waals surface area contributed by atoms with Crippen LogP contribution in [0.5, 0.6) is 11.5 Å². The number of aromatic nitrogens is 1. The van der Waals surface area contributed by atoms with Gasteiger partial charge in [-0.3, -0.25) is 19.5 Å². The molecule has 0 unspecified atom stereocenters. The molecule has 9 heteroatoms. The zero-order valence-electron chi connectivity index (χ0n) is 21.0. The number of anilines is 1. The lowest BCUT2D eigenvalue weighted by atomic mass is 10.1. The summed E-state index contributed by atoms with van der Waals surface area (Å²) >= 11 is 0. The molecule has 0 aliphatic carbocycles. The monoisotopic (exact) mass is 528 g/mol. The molecule has 3 aromatic carbocycles. The molecule has 0 saturated carbocycles. The number of halogens is 2. The quantitative estimate of drug-likeness (QED) is 0.350. The van der Waals surface area contributed by atoms with E-state index in [-0.39, 0.29) is 17.4 Å². The van der Waals surface area contributed by atoms with Crippen LogP contribution in [0.25, 0.3) is 0 Å². The molecule has 4 aromatic rings. The first-order valence-corrected chi connectivity index (χ1v) is 12.5. The molecule has 0 radical (unpaired) electrons. The van der Waals surface area contributed by atoms with Crippen LogP contribution in [0.3, 0.4) is 0 Å². The van der Waals surface area contributed by atoms with Crippen molar-refractivity contribution in [3.63, 3.8) is 0 Å². The van der Waals surface area contributed by atoms with Crippen LogP contribution >= 0.6 is 0 Å². The van der Waals surface area contributed by atoms with Crippen molar-refractivity contribution < 1.29 is 23.1 Å². The Labute approximate surface area is 224 Å². The summed E-state index contributed by atoms with van der Waals surface area (Å²) in [6, 6.07) is 22.1. The summed E-state index contributed by atoms with van der Waals surface area (Å²) in [5.74, 6) is -0.327. The first-order valence-electron chi connectivity index (χ1n) is 12.5. The van der Waals surface area contributed by atoms with Gasteiger partial charge in [0.05, 0.1) is 5.56 Å². The smallest absolute Gasteiger partial charge is 0.274 e. The third-order valence-corrected chi connectivity index (χ3v) is 6.37. The summed E-state index contributed by atoms with van der Waals surface area (Å²) in [7, 11) is 0. The third-order valence-electron chi connectivity index (χ3n) is 6.37. The molecule has 2 heterocycles. The van der Waals surface area contributed by atoms with Crippen LogP contribution in [0.15, 0.2) is 91.1 Å². The Morgan fingerprint density at radius 2 is 1.56 bits per heavy atom. The van der Waals surface area contributed by atoms with E-state index in [0.717, 1.165) is 5.56 Å². The number of nitrogens with one attached hydrogen (secondary N) is 1. The average Bonchev–Trinajstić information content (AvgIpc) is 2.95. The molecule has 1 aromatic heterocycles. The number of hydrogen-bond acceptors (Lipinski definition) is 5. The Morgan fingerprint density at radius 3 is 2.23 bits per heavy atom. The van der Waals surface area contributed by atoms with E-state index in [0.29, 0.717) is 55.5 Å². The molecule has 1 N–H and O–H groups in total. The van der Waals surface area contributed by atoms with Crippen molar-refractivity contribution in [2.75, 3.05) is 31.5 Å². The second-order valence-electron chi connectivity index (χ2n) is 9.16. The number of piperazine rings is 1. The van der Waals surface area contributed by atoms with E-state index in [9.17, 15) is 18.4 Å². The molecule has 1 fully saturated rings. The van der Waals surface area contributed by atoms with Gasteiger partial charge in [0.15, 0.2) is 0 Å². The molecule has 1 aliphatic rings. The number of carbonyl (C=O) groups is 2. The summed E-state index contributed by atoms with van der Waals surface area (Å²) in [6.45, 7) is 3.27. The van der Waals surface area contributed by atoms with Crippen LogP contribution in [0.4, 0.5) is 14.5 Å². The number of carbonyl (C=O) groups excluding carboxylic acids is 2. The van der Waals surface area contributed by atoms with Crippen molar-refractivity contribution in [1.29, 1.82) is 0 Å². The fraction of sp³-hybridized carbons (Fsp3) is 0.167. The number of amides is 2. The van der Waals surface area contributed by atoms with Crippen LogP contribution in [-0.4, -0.2) is 52.8 Å². The minimum atomic E-state index is -0.415. The molecule has 39 heavy (non-hydrogen) atoms. The molecule has 198 valence electrons. The topological polar surface area (TPSA) is 74.8 Å². The van der Waals surface area contributed by atoms with Crippen molar-refractivity contribution in [2.45, 2.75) is 6.54 Å². The van der Waals surface area contributed by atoms with Crippen LogP contribution in [-0.2, 0) is 6.54 Å². The van der Waals surface area contributed by atoms with Crippen molar-refractivity contribution in [3.8, 4) is 11.5 Å². The fourth-order valence-electron chi connectivity index (χ4n) is 4.26. The molecule has 5 rings (SSSR count). The molecular weight excluding hydrogens is 502 g/mol.